The van der Waals surface area contributed by atoms with Crippen molar-refractivity contribution < 1.29 is 17.6 Å². The first-order chi connectivity index (χ1) is 8.88. The van der Waals surface area contributed by atoms with Crippen molar-refractivity contribution >= 4 is 17.6 Å². The Labute approximate surface area is 109 Å². The van der Waals surface area contributed by atoms with E-state index in [9.17, 15) is 13.2 Å². The van der Waals surface area contributed by atoms with E-state index in [1.54, 1.807) is 6.92 Å². The lowest BCUT2D eigenvalue weighted by Crippen LogP contribution is -2.16. The van der Waals surface area contributed by atoms with Crippen LogP contribution in [0.1, 0.15) is 11.5 Å². The Morgan fingerprint density at radius 1 is 1.32 bits per heavy atom. The van der Waals surface area contributed by atoms with E-state index in [4.69, 9.17) is 10.3 Å². The zero-order valence-corrected chi connectivity index (χ0v) is 10.3. The van der Waals surface area contributed by atoms with Crippen LogP contribution in [0.5, 0.6) is 0 Å². The van der Waals surface area contributed by atoms with E-state index in [0.29, 0.717) is 5.69 Å². The summed E-state index contributed by atoms with van der Waals surface area (Å²) < 4.78 is 42.8. The second kappa shape index (κ2) is 5.05. The highest BCUT2D eigenvalue weighted by Crippen LogP contribution is 2.31. The quantitative estimate of drug-likeness (QED) is 0.509. The van der Waals surface area contributed by atoms with Gasteiger partial charge in [-0.2, -0.15) is 13.2 Å². The average Bonchev–Trinajstić information content (AvgIpc) is 2.73. The van der Waals surface area contributed by atoms with E-state index >= 15 is 0 Å². The van der Waals surface area contributed by atoms with Crippen LogP contribution in [-0.2, 0) is 6.18 Å². The smallest absolute Gasteiger partial charge is 0.439 e. The number of halogens is 3. The first-order valence-corrected chi connectivity index (χ1v) is 5.73. The van der Waals surface area contributed by atoms with Crippen molar-refractivity contribution in [1.29, 1.82) is 0 Å². The van der Waals surface area contributed by atoms with Crippen molar-refractivity contribution in [3.05, 3.63) is 23.8 Å². The van der Waals surface area contributed by atoms with Crippen LogP contribution >= 0.6 is 11.8 Å². The number of aryl methyl sites for hydroxylation is 1. The Kier molecular flexibility index (Phi) is 3.62. The zero-order valence-electron chi connectivity index (χ0n) is 9.52. The van der Waals surface area contributed by atoms with Crippen LogP contribution in [0.4, 0.5) is 19.0 Å². The van der Waals surface area contributed by atoms with E-state index < -0.39 is 12.0 Å². The summed E-state index contributed by atoms with van der Waals surface area (Å²) in [5.41, 5.74) is 2.67. The number of hydrazine groups is 1. The van der Waals surface area contributed by atoms with Gasteiger partial charge < -0.3 is 9.84 Å². The highest BCUT2D eigenvalue weighted by Gasteiger charge is 2.35. The van der Waals surface area contributed by atoms with Crippen LogP contribution in [0, 0.1) is 6.92 Å². The number of oxazole rings is 1. The molecule has 0 unspecified atom stereocenters. The van der Waals surface area contributed by atoms with Gasteiger partial charge in [0.1, 0.15) is 17.1 Å². The van der Waals surface area contributed by atoms with Crippen LogP contribution in [-0.4, -0.2) is 15.0 Å². The van der Waals surface area contributed by atoms with Gasteiger partial charge in [-0.1, -0.05) is 0 Å². The van der Waals surface area contributed by atoms with Gasteiger partial charge >= 0.3 is 6.18 Å². The maximum Gasteiger partial charge on any atom is 0.451 e. The normalized spacial score (nSPS) is 11.6. The third-order valence-electron chi connectivity index (χ3n) is 1.89. The number of nitrogens with two attached hydrogens (primary N) is 1. The van der Waals surface area contributed by atoms with E-state index in [1.165, 1.54) is 12.3 Å². The van der Waals surface area contributed by atoms with Crippen LogP contribution in [0.15, 0.2) is 27.0 Å². The summed E-state index contributed by atoms with van der Waals surface area (Å²) in [6, 6.07) is 1.26. The first-order valence-electron chi connectivity index (χ1n) is 4.91. The lowest BCUT2D eigenvalue weighted by atomic mass is 10.5. The molecule has 102 valence electrons. The van der Waals surface area contributed by atoms with E-state index in [1.807, 2.05) is 0 Å². The van der Waals surface area contributed by atoms with E-state index in [2.05, 4.69) is 20.4 Å². The fraction of sp³-hybridized carbons (Fsp3) is 0.222. The maximum atomic E-state index is 12.6. The number of anilines is 1. The number of alkyl halides is 3. The summed E-state index contributed by atoms with van der Waals surface area (Å²) in [4.78, 5) is 10.6. The van der Waals surface area contributed by atoms with Crippen molar-refractivity contribution in [1.82, 2.24) is 15.0 Å². The molecule has 2 aromatic heterocycles. The second-order valence-corrected chi connectivity index (χ2v) is 4.39. The monoisotopic (exact) mass is 291 g/mol. The lowest BCUT2D eigenvalue weighted by Gasteiger charge is -2.08. The molecule has 3 N–H and O–H groups in total. The molecule has 2 aromatic rings. The molecule has 0 spiro atoms. The number of hydrogen-bond acceptors (Lipinski definition) is 7. The van der Waals surface area contributed by atoms with Gasteiger partial charge in [-0.15, -0.1) is 0 Å². The van der Waals surface area contributed by atoms with Gasteiger partial charge in [-0.05, 0) is 18.7 Å². The lowest BCUT2D eigenvalue weighted by molar-refractivity contribution is -0.145. The Bertz CT molecular complexity index is 585. The summed E-state index contributed by atoms with van der Waals surface area (Å²) in [6.45, 7) is 1.70. The Hall–Kier alpha value is -1.81. The van der Waals surface area contributed by atoms with Crippen LogP contribution in [0.3, 0.4) is 0 Å². The molecule has 6 nitrogen and oxygen atoms in total. The first kappa shape index (κ1) is 13.6. The van der Waals surface area contributed by atoms with Gasteiger partial charge in [-0.25, -0.2) is 20.8 Å². The van der Waals surface area contributed by atoms with Crippen LogP contribution < -0.4 is 11.3 Å². The van der Waals surface area contributed by atoms with Crippen molar-refractivity contribution in [3.63, 3.8) is 0 Å². The number of aromatic nitrogens is 3. The standard InChI is InChI=1S/C9H8F3N5OS/c1-4-3-18-8(14-4)19-6-2-5(17-13)15-7(16-6)9(10,11)12/h2-3H,13H2,1H3,(H,15,16,17). The maximum absolute atomic E-state index is 12.6. The fourth-order valence-electron chi connectivity index (χ4n) is 1.15. The van der Waals surface area contributed by atoms with Crippen molar-refractivity contribution in [3.8, 4) is 0 Å². The molecule has 2 heterocycles. The topological polar surface area (TPSA) is 89.9 Å². The van der Waals surface area contributed by atoms with Crippen LogP contribution in [0.2, 0.25) is 0 Å². The summed E-state index contributed by atoms with van der Waals surface area (Å²) in [5, 5.41) is 0.212. The van der Waals surface area contributed by atoms with Gasteiger partial charge in [0.25, 0.3) is 5.22 Å². The molecule has 0 aliphatic heterocycles. The minimum atomic E-state index is -4.66. The van der Waals surface area contributed by atoms with Crippen molar-refractivity contribution in [2.45, 2.75) is 23.3 Å². The molecule has 0 aliphatic carbocycles. The van der Waals surface area contributed by atoms with Gasteiger partial charge in [0, 0.05) is 6.07 Å². The van der Waals surface area contributed by atoms with Gasteiger partial charge in [0.15, 0.2) is 0 Å². The number of rotatable bonds is 3. The van der Waals surface area contributed by atoms with E-state index in [-0.39, 0.29) is 16.1 Å². The zero-order chi connectivity index (χ0) is 14.0. The minimum Gasteiger partial charge on any atom is -0.439 e. The van der Waals surface area contributed by atoms with Gasteiger partial charge in [-0.3, -0.25) is 0 Å². The molecule has 0 fully saturated rings. The fourth-order valence-corrected chi connectivity index (χ4v) is 1.91. The highest BCUT2D eigenvalue weighted by atomic mass is 32.2. The van der Waals surface area contributed by atoms with Crippen molar-refractivity contribution in [2.24, 2.45) is 5.84 Å². The number of nitrogens with zero attached hydrogens (tertiary/aromatic N) is 3. The predicted octanol–water partition coefficient (Wildman–Crippen LogP) is 2.23. The molecule has 0 amide bonds. The summed E-state index contributed by atoms with van der Waals surface area (Å²) in [6.07, 6.45) is -3.27. The molecular formula is C9H8F3N5OS. The molecule has 0 bridgehead atoms. The number of nitrogens with one attached hydrogen (secondary N) is 1. The predicted molar refractivity (Wildman–Crippen MR) is 60.2 cm³/mol. The highest BCUT2D eigenvalue weighted by molar-refractivity contribution is 7.99. The molecule has 0 aromatic carbocycles. The summed E-state index contributed by atoms with van der Waals surface area (Å²) in [5.74, 6) is 3.64. The molecular weight excluding hydrogens is 283 g/mol. The Balaban J connectivity index is 2.34. The summed E-state index contributed by atoms with van der Waals surface area (Å²) >= 11 is 0.844. The number of nitrogen functional groups attached to an aromatic ring is 1. The van der Waals surface area contributed by atoms with Crippen LogP contribution in [0.25, 0.3) is 0 Å². The molecule has 0 aliphatic rings. The average molecular weight is 291 g/mol. The van der Waals surface area contributed by atoms with Crippen molar-refractivity contribution in [2.75, 3.05) is 5.43 Å². The molecule has 2 rings (SSSR count). The number of hydrogen-bond donors (Lipinski definition) is 2. The molecule has 10 heteroatoms. The minimum absolute atomic E-state index is 0.0251. The second-order valence-electron chi connectivity index (χ2n) is 3.41. The third-order valence-corrected chi connectivity index (χ3v) is 2.67. The van der Waals surface area contributed by atoms with Gasteiger partial charge in [0.05, 0.1) is 5.69 Å². The van der Waals surface area contributed by atoms with E-state index in [0.717, 1.165) is 11.8 Å². The Morgan fingerprint density at radius 2 is 2.05 bits per heavy atom. The molecule has 0 atom stereocenters. The SMILES string of the molecule is Cc1coc(Sc2cc(NN)nc(C(F)(F)F)n2)n1. The molecule has 0 radical (unpaired) electrons. The molecule has 0 saturated heterocycles. The Morgan fingerprint density at radius 3 is 2.58 bits per heavy atom. The summed E-state index contributed by atoms with van der Waals surface area (Å²) in [7, 11) is 0. The third kappa shape index (κ3) is 3.35. The molecule has 0 saturated carbocycles. The molecule has 19 heavy (non-hydrogen) atoms. The van der Waals surface area contributed by atoms with Gasteiger partial charge in [0.2, 0.25) is 5.82 Å². The largest absolute Gasteiger partial charge is 0.451 e.